The fourth-order valence-corrected chi connectivity index (χ4v) is 1.75. The Morgan fingerprint density at radius 3 is 2.82 bits per heavy atom. The van der Waals surface area contributed by atoms with Gasteiger partial charge in [-0.05, 0) is 43.4 Å². The van der Waals surface area contributed by atoms with Crippen LogP contribution in [-0.4, -0.2) is 24.0 Å². The quantitative estimate of drug-likeness (QED) is 0.876. The number of carbonyl (C=O) groups is 1. The topological polar surface area (TPSA) is 29.1 Å². The molecule has 0 bridgehead atoms. The Hall–Kier alpha value is -1.03. The van der Waals surface area contributed by atoms with Crippen LogP contribution in [0.3, 0.4) is 0 Å². The van der Waals surface area contributed by atoms with Gasteiger partial charge in [-0.15, -0.1) is 0 Å². The number of aryl methyl sites for hydroxylation is 1. The molecule has 0 saturated heterocycles. The molecule has 1 unspecified atom stereocenters. The van der Waals surface area contributed by atoms with E-state index in [0.29, 0.717) is 22.9 Å². The highest BCUT2D eigenvalue weighted by Gasteiger charge is 2.07. The van der Waals surface area contributed by atoms with Crippen LogP contribution in [0.15, 0.2) is 18.2 Å². The summed E-state index contributed by atoms with van der Waals surface area (Å²) >= 11 is 1.78. The zero-order valence-electron chi connectivity index (χ0n) is 10.4. The van der Waals surface area contributed by atoms with Crippen LogP contribution in [0.5, 0.6) is 0 Å². The van der Waals surface area contributed by atoms with Gasteiger partial charge in [-0.25, -0.2) is 4.39 Å². The Morgan fingerprint density at radius 1 is 1.53 bits per heavy atom. The molecule has 0 aliphatic rings. The molecule has 0 aromatic heterocycles. The summed E-state index contributed by atoms with van der Waals surface area (Å²) in [6, 6.07) is 4.41. The Morgan fingerprint density at radius 2 is 2.24 bits per heavy atom. The van der Waals surface area contributed by atoms with Gasteiger partial charge in [0.25, 0.3) is 5.91 Å². The number of halogens is 1. The van der Waals surface area contributed by atoms with E-state index in [1.165, 1.54) is 12.1 Å². The number of hydrogen-bond acceptors (Lipinski definition) is 2. The summed E-state index contributed by atoms with van der Waals surface area (Å²) in [5.41, 5.74) is 1.01. The summed E-state index contributed by atoms with van der Waals surface area (Å²) in [5.74, 6) is -0.418. The first kappa shape index (κ1) is 14.0. The SMILES string of the molecule is CSC(C)CCNC(=O)c1ccc(F)c(C)c1. The average molecular weight is 255 g/mol. The largest absolute Gasteiger partial charge is 0.352 e. The number of amides is 1. The first-order chi connectivity index (χ1) is 8.04. The minimum absolute atomic E-state index is 0.138. The number of carbonyl (C=O) groups excluding carboxylic acids is 1. The lowest BCUT2D eigenvalue weighted by Gasteiger charge is -2.09. The van der Waals surface area contributed by atoms with Crippen LogP contribution >= 0.6 is 11.8 Å². The summed E-state index contributed by atoms with van der Waals surface area (Å²) in [7, 11) is 0. The van der Waals surface area contributed by atoms with E-state index in [1.54, 1.807) is 24.8 Å². The standard InChI is InChI=1S/C13H18FNOS/c1-9-8-11(4-5-12(9)14)13(16)15-7-6-10(2)17-3/h4-5,8,10H,6-7H2,1-3H3,(H,15,16). The third-order valence-electron chi connectivity index (χ3n) is 2.66. The van der Waals surface area contributed by atoms with Crippen LogP contribution in [0, 0.1) is 12.7 Å². The van der Waals surface area contributed by atoms with Crippen molar-refractivity contribution >= 4 is 17.7 Å². The number of thioether (sulfide) groups is 1. The van der Waals surface area contributed by atoms with Gasteiger partial charge in [0.2, 0.25) is 0 Å². The lowest BCUT2D eigenvalue weighted by atomic mass is 10.1. The number of benzene rings is 1. The minimum atomic E-state index is -0.280. The smallest absolute Gasteiger partial charge is 0.251 e. The highest BCUT2D eigenvalue weighted by Crippen LogP contribution is 2.10. The minimum Gasteiger partial charge on any atom is -0.352 e. The molecule has 17 heavy (non-hydrogen) atoms. The molecule has 0 saturated carbocycles. The monoisotopic (exact) mass is 255 g/mol. The number of hydrogen-bond donors (Lipinski definition) is 1. The second-order valence-corrected chi connectivity index (χ2v) is 5.33. The van der Waals surface area contributed by atoms with Crippen molar-refractivity contribution in [3.8, 4) is 0 Å². The summed E-state index contributed by atoms with van der Waals surface area (Å²) in [5, 5.41) is 3.37. The van der Waals surface area contributed by atoms with Gasteiger partial charge in [0.15, 0.2) is 0 Å². The maximum absolute atomic E-state index is 13.0. The Labute approximate surface area is 106 Å². The molecular formula is C13H18FNOS. The van der Waals surface area contributed by atoms with Crippen molar-refractivity contribution in [1.82, 2.24) is 5.32 Å². The van der Waals surface area contributed by atoms with Gasteiger partial charge >= 0.3 is 0 Å². The molecule has 1 aromatic carbocycles. The maximum atomic E-state index is 13.0. The molecular weight excluding hydrogens is 237 g/mol. The van der Waals surface area contributed by atoms with Crippen molar-refractivity contribution in [2.24, 2.45) is 0 Å². The lowest BCUT2D eigenvalue weighted by Crippen LogP contribution is -2.26. The first-order valence-electron chi connectivity index (χ1n) is 5.61. The van der Waals surface area contributed by atoms with E-state index in [1.807, 2.05) is 0 Å². The molecule has 0 radical (unpaired) electrons. The van der Waals surface area contributed by atoms with Crippen molar-refractivity contribution < 1.29 is 9.18 Å². The van der Waals surface area contributed by atoms with Gasteiger partial charge in [-0.2, -0.15) is 11.8 Å². The molecule has 4 heteroatoms. The number of nitrogens with one attached hydrogen (secondary N) is 1. The Balaban J connectivity index is 2.50. The lowest BCUT2D eigenvalue weighted by molar-refractivity contribution is 0.0953. The summed E-state index contributed by atoms with van der Waals surface area (Å²) < 4.78 is 13.0. The van der Waals surface area contributed by atoms with Gasteiger partial charge in [-0.1, -0.05) is 6.92 Å². The van der Waals surface area contributed by atoms with Crippen molar-refractivity contribution in [1.29, 1.82) is 0 Å². The predicted octanol–water partition coefficient (Wildman–Crippen LogP) is 3.01. The van der Waals surface area contributed by atoms with Crippen LogP contribution in [0.4, 0.5) is 4.39 Å². The van der Waals surface area contributed by atoms with Crippen LogP contribution in [-0.2, 0) is 0 Å². The van der Waals surface area contributed by atoms with Crippen molar-refractivity contribution in [2.75, 3.05) is 12.8 Å². The fourth-order valence-electron chi connectivity index (χ4n) is 1.39. The van der Waals surface area contributed by atoms with Gasteiger partial charge in [0, 0.05) is 17.4 Å². The van der Waals surface area contributed by atoms with Gasteiger partial charge < -0.3 is 5.32 Å². The highest BCUT2D eigenvalue weighted by atomic mass is 32.2. The molecule has 0 fully saturated rings. The van der Waals surface area contributed by atoms with E-state index in [0.717, 1.165) is 6.42 Å². The molecule has 94 valence electrons. The van der Waals surface area contributed by atoms with Crippen molar-refractivity contribution in [2.45, 2.75) is 25.5 Å². The van der Waals surface area contributed by atoms with Gasteiger partial charge in [0.1, 0.15) is 5.82 Å². The van der Waals surface area contributed by atoms with Gasteiger partial charge in [-0.3, -0.25) is 4.79 Å². The first-order valence-corrected chi connectivity index (χ1v) is 6.90. The van der Waals surface area contributed by atoms with Crippen molar-refractivity contribution in [3.63, 3.8) is 0 Å². The highest BCUT2D eigenvalue weighted by molar-refractivity contribution is 7.99. The Kier molecular flexibility index (Phi) is 5.48. The molecule has 1 amide bonds. The van der Waals surface area contributed by atoms with E-state index in [9.17, 15) is 9.18 Å². The summed E-state index contributed by atoms with van der Waals surface area (Å²) in [6.45, 7) is 4.43. The Bertz CT molecular complexity index is 395. The second kappa shape index (κ2) is 6.64. The fraction of sp³-hybridized carbons (Fsp3) is 0.462. The molecule has 1 rings (SSSR count). The molecule has 2 nitrogen and oxygen atoms in total. The zero-order valence-corrected chi connectivity index (χ0v) is 11.2. The molecule has 0 heterocycles. The van der Waals surface area contributed by atoms with E-state index >= 15 is 0 Å². The number of rotatable bonds is 5. The van der Waals surface area contributed by atoms with Crippen LogP contribution < -0.4 is 5.32 Å². The molecule has 1 atom stereocenters. The van der Waals surface area contributed by atoms with Crippen molar-refractivity contribution in [3.05, 3.63) is 35.1 Å². The normalized spacial score (nSPS) is 12.2. The van der Waals surface area contributed by atoms with E-state index in [-0.39, 0.29) is 11.7 Å². The molecule has 0 aliphatic heterocycles. The summed E-state index contributed by atoms with van der Waals surface area (Å²) in [4.78, 5) is 11.7. The third kappa shape index (κ3) is 4.38. The van der Waals surface area contributed by atoms with Crippen LogP contribution in [0.1, 0.15) is 29.3 Å². The van der Waals surface area contributed by atoms with E-state index < -0.39 is 0 Å². The maximum Gasteiger partial charge on any atom is 0.251 e. The molecule has 1 N–H and O–H groups in total. The third-order valence-corrected chi connectivity index (χ3v) is 3.70. The summed E-state index contributed by atoms with van der Waals surface area (Å²) in [6.07, 6.45) is 2.99. The zero-order chi connectivity index (χ0) is 12.8. The van der Waals surface area contributed by atoms with Crippen LogP contribution in [0.2, 0.25) is 0 Å². The second-order valence-electron chi connectivity index (χ2n) is 4.05. The molecule has 0 aliphatic carbocycles. The van der Waals surface area contributed by atoms with Gasteiger partial charge in [0.05, 0.1) is 0 Å². The molecule has 0 spiro atoms. The van der Waals surface area contributed by atoms with Crippen LogP contribution in [0.25, 0.3) is 0 Å². The average Bonchev–Trinajstić information content (AvgIpc) is 2.32. The predicted molar refractivity (Wildman–Crippen MR) is 71.1 cm³/mol. The van der Waals surface area contributed by atoms with E-state index in [2.05, 4.69) is 18.5 Å². The molecule has 1 aromatic rings. The van der Waals surface area contributed by atoms with E-state index in [4.69, 9.17) is 0 Å².